The molecule has 0 N–H and O–H groups in total. The maximum Gasteiger partial charge on any atom is 0.416 e. The Labute approximate surface area is 322 Å². The number of Topliss-reactive ketones (excluding diaryl/α,β-unsaturated/α-hetero) is 2. The Balaban J connectivity index is 0.000000376. The van der Waals surface area contributed by atoms with E-state index >= 15 is 0 Å². The average Bonchev–Trinajstić information content (AvgIpc) is 3.09. The number of carbonyl (C=O) groups excluding carboxylic acids is 2. The van der Waals surface area contributed by atoms with Crippen molar-refractivity contribution in [2.75, 3.05) is 45.3 Å². The standard InChI is InChI=1S/2C11H15OPS3.C8H3BF6O3/c2*12-11(10-4-2-1-3-5-10)6-13(7-14,8-15)9-16;10-7(11,12)4-1-5(8(13,14)15)3-6(2-4)18-9(16)17/h2*1-5H,6-9H2,(H2-,14,15,16);1-3H/q;;-2/p+2. The number of hydrogen-bond acceptors (Lipinski definition) is 11. The van der Waals surface area contributed by atoms with Crippen LogP contribution in [-0.4, -0.2) is 64.2 Å². The number of alkyl halides is 6. The Bertz CT molecular complexity index is 1350. The summed E-state index contributed by atoms with van der Waals surface area (Å²) in [5, 5.41) is 20.2. The van der Waals surface area contributed by atoms with Crippen molar-refractivity contribution in [1.29, 1.82) is 0 Å². The van der Waals surface area contributed by atoms with E-state index in [4.69, 9.17) is 0 Å². The highest BCUT2D eigenvalue weighted by atomic mass is 32.1. The fraction of sp³-hybridized carbons (Fsp3) is 0.333. The highest BCUT2D eigenvalue weighted by Crippen LogP contribution is 2.61. The molecule has 3 rings (SSSR count). The first-order valence-corrected chi connectivity index (χ1v) is 23.0. The summed E-state index contributed by atoms with van der Waals surface area (Å²) in [5.41, 5.74) is 2.64. The molecule has 0 saturated carbocycles. The summed E-state index contributed by atoms with van der Waals surface area (Å²) < 4.78 is 77.5. The lowest BCUT2D eigenvalue weighted by molar-refractivity contribution is -0.372. The van der Waals surface area contributed by atoms with Gasteiger partial charge in [0.25, 0.3) is 0 Å². The van der Waals surface area contributed by atoms with Crippen LogP contribution in [0, 0.1) is 0 Å². The van der Waals surface area contributed by atoms with Gasteiger partial charge < -0.3 is 14.7 Å². The molecule has 20 heteroatoms. The van der Waals surface area contributed by atoms with E-state index in [1.165, 1.54) is 0 Å². The molecule has 276 valence electrons. The molecule has 0 amide bonds. The van der Waals surface area contributed by atoms with Gasteiger partial charge in [0.2, 0.25) is 0 Å². The van der Waals surface area contributed by atoms with Gasteiger partial charge in [-0.05, 0) is 18.2 Å². The molecule has 0 aliphatic rings. The summed E-state index contributed by atoms with van der Waals surface area (Å²) in [6.45, 7) is 0. The average molecular weight is 855 g/mol. The summed E-state index contributed by atoms with van der Waals surface area (Å²) in [5.74, 6) is -0.704. The van der Waals surface area contributed by atoms with Crippen LogP contribution in [0.5, 0.6) is 5.75 Å². The highest BCUT2D eigenvalue weighted by Gasteiger charge is 2.38. The zero-order valence-corrected chi connectivity index (χ0v) is 33.3. The predicted octanol–water partition coefficient (Wildman–Crippen LogP) is 7.91. The van der Waals surface area contributed by atoms with Crippen molar-refractivity contribution < 1.29 is 50.6 Å². The maximum absolute atomic E-state index is 12.3. The van der Waals surface area contributed by atoms with Crippen LogP contribution in [-0.2, 0) is 12.4 Å². The smallest absolute Gasteiger partial charge is 0.416 e. The van der Waals surface area contributed by atoms with Gasteiger partial charge in [0, 0.05) is 11.1 Å². The van der Waals surface area contributed by atoms with Crippen molar-refractivity contribution in [2.45, 2.75) is 12.4 Å². The van der Waals surface area contributed by atoms with Crippen LogP contribution in [0.1, 0.15) is 31.8 Å². The van der Waals surface area contributed by atoms with Gasteiger partial charge in [-0.1, -0.05) is 60.7 Å². The van der Waals surface area contributed by atoms with Crippen LogP contribution >= 0.6 is 90.3 Å². The van der Waals surface area contributed by atoms with Gasteiger partial charge in [-0.3, -0.25) is 9.59 Å². The number of halogens is 6. The second-order valence-corrected chi connectivity index (χ2v) is 23.4. The van der Waals surface area contributed by atoms with Crippen LogP contribution in [0.25, 0.3) is 0 Å². The molecule has 0 atom stereocenters. The van der Waals surface area contributed by atoms with Crippen molar-refractivity contribution in [3.63, 3.8) is 0 Å². The van der Waals surface area contributed by atoms with E-state index in [0.717, 1.165) is 44.1 Å². The second kappa shape index (κ2) is 22.5. The number of carbonyl (C=O) groups is 2. The number of benzene rings is 3. The number of hydrogen-bond donors (Lipinski definition) is 6. The summed E-state index contributed by atoms with van der Waals surface area (Å²) in [4.78, 5) is 24.1. The van der Waals surface area contributed by atoms with Crippen LogP contribution in [0.4, 0.5) is 26.3 Å². The van der Waals surface area contributed by atoms with Gasteiger partial charge >= 0.3 is 12.4 Å². The molecular weight excluding hydrogens is 819 g/mol. The molecule has 5 nitrogen and oxygen atoms in total. The molecule has 0 spiro atoms. The van der Waals surface area contributed by atoms with Gasteiger partial charge in [0.1, 0.15) is 52.6 Å². The molecule has 0 radical (unpaired) electrons. The lowest BCUT2D eigenvalue weighted by Gasteiger charge is -2.27. The largest absolute Gasteiger partial charge is 0.860 e. The first-order valence-electron chi connectivity index (χ1n) is 14.1. The SMILES string of the molecule is O=C(C[P+](CS)(CS)CS)c1ccccc1.O=C(C[P+](CS)(CS)CS)c1ccccc1.[O-]B([O-])Oc1cc(C(F)(F)F)cc(C(F)(F)F)c1. The molecule has 0 heterocycles. The molecule has 3 aromatic carbocycles. The van der Waals surface area contributed by atoms with Crippen LogP contribution < -0.4 is 14.7 Å². The topological polar surface area (TPSA) is 89.5 Å². The fourth-order valence-electron chi connectivity index (χ4n) is 3.71. The van der Waals surface area contributed by atoms with Gasteiger partial charge in [-0.25, -0.2) is 0 Å². The molecule has 0 bridgehead atoms. The zero-order chi connectivity index (χ0) is 38.2. The third-order valence-electron chi connectivity index (χ3n) is 6.74. The van der Waals surface area contributed by atoms with Crippen LogP contribution in [0.2, 0.25) is 0 Å². The maximum atomic E-state index is 12.3. The summed E-state index contributed by atoms with van der Waals surface area (Å²) in [7, 11) is -5.85. The molecule has 0 aromatic heterocycles. The molecule has 50 heavy (non-hydrogen) atoms. The second-order valence-electron chi connectivity index (χ2n) is 10.6. The number of ketones is 2. The molecular formula is C30H35BF6O5P2S6. The lowest BCUT2D eigenvalue weighted by atomic mass is 10.1. The molecule has 0 aliphatic carbocycles. The highest BCUT2D eigenvalue weighted by molar-refractivity contribution is 8.07. The number of thiol groups is 6. The fourth-order valence-corrected chi connectivity index (χ4v) is 14.7. The molecule has 0 unspecified atom stereocenters. The van der Waals surface area contributed by atoms with E-state index in [1.54, 1.807) is 0 Å². The first kappa shape index (κ1) is 47.3. The molecule has 0 fully saturated rings. The van der Waals surface area contributed by atoms with Crippen molar-refractivity contribution in [3.05, 3.63) is 101 Å². The van der Waals surface area contributed by atoms with Crippen molar-refractivity contribution in [3.8, 4) is 5.75 Å². The minimum atomic E-state index is -5.05. The van der Waals surface area contributed by atoms with Crippen molar-refractivity contribution in [2.24, 2.45) is 0 Å². The van der Waals surface area contributed by atoms with E-state index in [9.17, 15) is 46.0 Å². The summed E-state index contributed by atoms with van der Waals surface area (Å²) >= 11 is 26.1. The van der Waals surface area contributed by atoms with Crippen molar-refractivity contribution in [1.82, 2.24) is 0 Å². The van der Waals surface area contributed by atoms with Gasteiger partial charge in [0.15, 0.2) is 11.6 Å². The van der Waals surface area contributed by atoms with E-state index < -0.39 is 51.1 Å². The Morgan fingerprint density at radius 1 is 0.580 bits per heavy atom. The molecule has 0 saturated heterocycles. The number of rotatable bonds is 14. The normalized spacial score (nSPS) is 11.8. The van der Waals surface area contributed by atoms with Gasteiger partial charge in [-0.2, -0.15) is 26.3 Å². The lowest BCUT2D eigenvalue weighted by Crippen LogP contribution is -2.50. The van der Waals surface area contributed by atoms with Gasteiger partial charge in [0.05, 0.1) is 31.4 Å². The van der Waals surface area contributed by atoms with E-state index in [1.807, 2.05) is 60.7 Å². The van der Waals surface area contributed by atoms with Gasteiger partial charge in [-0.15, -0.1) is 75.8 Å². The minimum Gasteiger partial charge on any atom is -0.860 e. The monoisotopic (exact) mass is 854 g/mol. The molecule has 3 aromatic rings. The quantitative estimate of drug-likeness (QED) is 0.0327. The molecule has 0 aliphatic heterocycles. The minimum absolute atomic E-state index is 0.141. The van der Waals surface area contributed by atoms with E-state index in [0.29, 0.717) is 12.3 Å². The van der Waals surface area contributed by atoms with Crippen LogP contribution in [0.3, 0.4) is 0 Å². The third-order valence-corrected chi connectivity index (χ3v) is 23.1. The van der Waals surface area contributed by atoms with E-state index in [-0.39, 0.29) is 29.8 Å². The first-order chi connectivity index (χ1) is 23.3. The zero-order valence-electron chi connectivity index (χ0n) is 26.1. The Hall–Kier alpha value is -0.675. The Kier molecular flexibility index (Phi) is 21.3. The Morgan fingerprint density at radius 2 is 0.880 bits per heavy atom. The third kappa shape index (κ3) is 16.1. The summed E-state index contributed by atoms with van der Waals surface area (Å²) in [6.07, 6.45) is -8.98. The predicted molar refractivity (Wildman–Crippen MR) is 211 cm³/mol. The van der Waals surface area contributed by atoms with Crippen molar-refractivity contribution >= 4 is 109 Å². The van der Waals surface area contributed by atoms with Crippen LogP contribution in [0.15, 0.2) is 78.9 Å². The summed E-state index contributed by atoms with van der Waals surface area (Å²) in [6, 6.07) is 18.9. The Morgan fingerprint density at radius 3 is 1.12 bits per heavy atom. The van der Waals surface area contributed by atoms with E-state index in [2.05, 4.69) is 80.4 Å².